The molecular weight excluding hydrogens is 877 g/mol. The van der Waals surface area contributed by atoms with E-state index in [0.29, 0.717) is 27.8 Å². The van der Waals surface area contributed by atoms with Crippen LogP contribution < -0.4 is 9.80 Å². The fourth-order valence-electron chi connectivity index (χ4n) is 8.97. The Balaban J connectivity index is 0.000000136. The molecule has 0 radical (unpaired) electrons. The molecule has 7 nitrogen and oxygen atoms in total. The summed E-state index contributed by atoms with van der Waals surface area (Å²) in [6.07, 6.45) is 2.60. The number of Topliss-reactive ketones (excluding diaryl/α,β-unsaturated/α-hetero) is 4. The van der Waals surface area contributed by atoms with Crippen LogP contribution in [-0.2, 0) is 0 Å². The second kappa shape index (κ2) is 20.3. The minimum atomic E-state index is -0.213. The van der Waals surface area contributed by atoms with Crippen LogP contribution in [-0.4, -0.2) is 29.4 Å². The van der Waals surface area contributed by atoms with Crippen LogP contribution in [0.5, 0.6) is 0 Å². The highest BCUT2D eigenvalue weighted by atomic mass is 16.2. The molecule has 2 aliphatic rings. The van der Waals surface area contributed by atoms with Gasteiger partial charge in [-0.1, -0.05) is 133 Å². The molecule has 0 saturated heterocycles. The Labute approximate surface area is 411 Å². The van der Waals surface area contributed by atoms with E-state index in [2.05, 4.69) is 58.3 Å². The Kier molecular flexibility index (Phi) is 12.9. The van der Waals surface area contributed by atoms with Gasteiger partial charge in [0.05, 0.1) is 12.0 Å². The van der Waals surface area contributed by atoms with Gasteiger partial charge in [-0.15, -0.1) is 0 Å². The summed E-state index contributed by atoms with van der Waals surface area (Å²) in [5.41, 5.74) is 10.1. The third kappa shape index (κ3) is 9.61. The number of carbonyl (C=O) groups excluding carboxylic acids is 5. The second-order valence-electron chi connectivity index (χ2n) is 17.0. The van der Waals surface area contributed by atoms with E-state index in [4.69, 9.17) is 0 Å². The molecule has 10 aromatic rings. The van der Waals surface area contributed by atoms with Crippen LogP contribution in [0.2, 0.25) is 0 Å². The fraction of sp³-hybridized carbons (Fsp3) is 0.0156. The Morgan fingerprint density at radius 2 is 0.592 bits per heavy atom. The largest absolute Gasteiger partial charge is 0.311 e. The summed E-state index contributed by atoms with van der Waals surface area (Å²) in [5.74, 6) is -0.536. The number of hydrogen-bond acceptors (Lipinski definition) is 7. The highest BCUT2D eigenvalue weighted by molar-refractivity contribution is 6.42. The van der Waals surface area contributed by atoms with Crippen LogP contribution in [0.3, 0.4) is 0 Å². The standard InChI is InChI=1S/C32H21NO2.C19H15NO.C13H8O2/c34-31-28-20-23-9-7-8-10-24(23)21-29(28)32(35)30(31)19-22-15-17-27(18-16-22)33(25-11-3-1-4-12-25)26-13-5-2-6-14-26;21-15-16-11-13-19(14-12-16)20(17-7-3-1-4-8-17)18-9-5-2-6-10-18;14-12-7-13(15)11-6-9-4-2-1-3-8(9)5-10(11)12/h1-21H;1-15H;1-6H,7H2. The van der Waals surface area contributed by atoms with Gasteiger partial charge in [0.1, 0.15) is 6.29 Å². The van der Waals surface area contributed by atoms with Crippen LogP contribution in [0, 0.1) is 0 Å². The van der Waals surface area contributed by atoms with Crippen molar-refractivity contribution in [3.8, 4) is 0 Å². The molecule has 0 bridgehead atoms. The number of rotatable bonds is 8. The van der Waals surface area contributed by atoms with E-state index in [1.165, 1.54) is 0 Å². The molecule has 0 amide bonds. The highest BCUT2D eigenvalue weighted by Gasteiger charge is 2.33. The number of carbonyl (C=O) groups is 5. The predicted molar refractivity (Wildman–Crippen MR) is 285 cm³/mol. The summed E-state index contributed by atoms with van der Waals surface area (Å²) in [7, 11) is 0. The van der Waals surface area contributed by atoms with E-state index in [-0.39, 0.29) is 35.1 Å². The minimum absolute atomic E-state index is 0.0334. The van der Waals surface area contributed by atoms with Gasteiger partial charge < -0.3 is 9.80 Å². The van der Waals surface area contributed by atoms with Crippen LogP contribution in [0.15, 0.2) is 248 Å². The van der Waals surface area contributed by atoms with Gasteiger partial charge in [-0.3, -0.25) is 24.0 Å². The number of hydrogen-bond donors (Lipinski definition) is 0. The lowest BCUT2D eigenvalue weighted by Gasteiger charge is -2.25. The van der Waals surface area contributed by atoms with Gasteiger partial charge in [-0.05, 0) is 142 Å². The molecule has 0 atom stereocenters. The van der Waals surface area contributed by atoms with E-state index in [1.54, 1.807) is 6.08 Å². The summed E-state index contributed by atoms with van der Waals surface area (Å²) < 4.78 is 0. The number of anilines is 6. The van der Waals surface area contributed by atoms with Crippen molar-refractivity contribution >= 4 is 91.2 Å². The fourth-order valence-corrected chi connectivity index (χ4v) is 8.97. The van der Waals surface area contributed by atoms with Gasteiger partial charge in [-0.2, -0.15) is 0 Å². The van der Waals surface area contributed by atoms with Crippen LogP contribution in [0.4, 0.5) is 34.1 Å². The van der Waals surface area contributed by atoms with E-state index in [0.717, 1.165) is 67.5 Å². The average Bonchev–Trinajstić information content (AvgIpc) is 3.83. The maximum atomic E-state index is 13.1. The Bertz CT molecular complexity index is 3440. The van der Waals surface area contributed by atoms with E-state index >= 15 is 0 Å². The average molecular weight is 921 g/mol. The Hall–Kier alpha value is -9.59. The first-order valence-corrected chi connectivity index (χ1v) is 23.2. The van der Waals surface area contributed by atoms with Gasteiger partial charge in [0.2, 0.25) is 0 Å². The summed E-state index contributed by atoms with van der Waals surface area (Å²) in [4.78, 5) is 64.3. The molecule has 0 spiro atoms. The van der Waals surface area contributed by atoms with Crippen molar-refractivity contribution < 1.29 is 24.0 Å². The molecule has 0 aromatic heterocycles. The molecule has 0 unspecified atom stereocenters. The predicted octanol–water partition coefficient (Wildman–Crippen LogP) is 15.3. The van der Waals surface area contributed by atoms with Crippen molar-refractivity contribution in [3.05, 3.63) is 282 Å². The van der Waals surface area contributed by atoms with E-state index in [9.17, 15) is 24.0 Å². The Morgan fingerprint density at radius 1 is 0.310 bits per heavy atom. The van der Waals surface area contributed by atoms with Gasteiger partial charge in [0, 0.05) is 61.9 Å². The molecule has 0 heterocycles. The van der Waals surface area contributed by atoms with Gasteiger partial charge in [-0.25, -0.2) is 0 Å². The molecular formula is C64H44N2O5. The summed E-state index contributed by atoms with van der Waals surface area (Å²) in [6, 6.07) is 79.0. The quantitative estimate of drug-likeness (QED) is 0.0649. The first-order chi connectivity index (χ1) is 34.8. The molecule has 2 aliphatic carbocycles. The number of benzene rings is 10. The molecule has 0 N–H and O–H groups in total. The number of fused-ring (bicyclic) bond motifs is 4. The maximum Gasteiger partial charge on any atom is 0.197 e. The van der Waals surface area contributed by atoms with Crippen molar-refractivity contribution in [2.24, 2.45) is 0 Å². The number of ketones is 4. The van der Waals surface area contributed by atoms with Crippen LogP contribution in [0.25, 0.3) is 27.6 Å². The van der Waals surface area contributed by atoms with Gasteiger partial charge in [0.25, 0.3) is 0 Å². The normalized spacial score (nSPS) is 12.3. The minimum Gasteiger partial charge on any atom is -0.311 e. The third-order valence-corrected chi connectivity index (χ3v) is 12.5. The third-order valence-electron chi connectivity index (χ3n) is 12.5. The summed E-state index contributed by atoms with van der Waals surface area (Å²) in [6.45, 7) is 0. The molecule has 71 heavy (non-hydrogen) atoms. The lowest BCUT2D eigenvalue weighted by atomic mass is 10.0. The highest BCUT2D eigenvalue weighted by Crippen LogP contribution is 2.37. The van der Waals surface area contributed by atoms with E-state index < -0.39 is 0 Å². The summed E-state index contributed by atoms with van der Waals surface area (Å²) >= 11 is 0. The first-order valence-electron chi connectivity index (χ1n) is 23.2. The monoisotopic (exact) mass is 920 g/mol. The van der Waals surface area contributed by atoms with Crippen molar-refractivity contribution in [2.45, 2.75) is 6.42 Å². The van der Waals surface area contributed by atoms with Crippen LogP contribution >= 0.6 is 0 Å². The van der Waals surface area contributed by atoms with Gasteiger partial charge in [0.15, 0.2) is 23.1 Å². The topological polar surface area (TPSA) is 91.8 Å². The van der Waals surface area contributed by atoms with Crippen molar-refractivity contribution in [1.29, 1.82) is 0 Å². The SMILES string of the molecule is O=C1C(=Cc2ccc(N(c3ccccc3)c3ccccc3)cc2)C(=O)c2cc3ccccc3cc21.O=C1CC(=O)c2cc3ccccc3cc21.O=Cc1ccc(N(c2ccccc2)c2ccccc2)cc1. The molecule has 10 aromatic carbocycles. The molecule has 0 aliphatic heterocycles. The first kappa shape index (κ1) is 45.2. The zero-order chi connectivity index (χ0) is 48.7. The molecule has 12 rings (SSSR count). The zero-order valence-electron chi connectivity index (χ0n) is 38.4. The van der Waals surface area contributed by atoms with Crippen molar-refractivity contribution in [3.63, 3.8) is 0 Å². The number of aldehydes is 1. The Morgan fingerprint density at radius 3 is 0.915 bits per heavy atom. The van der Waals surface area contributed by atoms with Crippen molar-refractivity contribution in [2.75, 3.05) is 9.80 Å². The lowest BCUT2D eigenvalue weighted by Crippen LogP contribution is -2.09. The summed E-state index contributed by atoms with van der Waals surface area (Å²) in [5, 5.41) is 3.94. The zero-order valence-corrected chi connectivity index (χ0v) is 38.4. The number of para-hydroxylation sites is 4. The maximum absolute atomic E-state index is 13.1. The molecule has 0 saturated carbocycles. The smallest absolute Gasteiger partial charge is 0.197 e. The lowest BCUT2D eigenvalue weighted by molar-refractivity contribution is 0.0919. The van der Waals surface area contributed by atoms with E-state index in [1.807, 2.05) is 194 Å². The molecule has 7 heteroatoms. The molecule has 340 valence electrons. The number of allylic oxidation sites excluding steroid dienone is 1. The van der Waals surface area contributed by atoms with Crippen LogP contribution in [0.1, 0.15) is 63.8 Å². The van der Waals surface area contributed by atoms with Gasteiger partial charge >= 0.3 is 0 Å². The number of nitrogens with zero attached hydrogens (tertiary/aromatic N) is 2. The molecule has 0 fully saturated rings. The van der Waals surface area contributed by atoms with Crippen molar-refractivity contribution in [1.82, 2.24) is 0 Å². The second-order valence-corrected chi connectivity index (χ2v) is 17.0.